The van der Waals surface area contributed by atoms with Crippen LogP contribution >= 0.6 is 15.6 Å². The van der Waals surface area contributed by atoms with Crippen molar-refractivity contribution in [3.05, 3.63) is 70.7 Å². The fourth-order valence-corrected chi connectivity index (χ4v) is 8.57. The van der Waals surface area contributed by atoms with Crippen LogP contribution in [0.3, 0.4) is 0 Å². The van der Waals surface area contributed by atoms with Crippen molar-refractivity contribution in [2.24, 2.45) is 16.5 Å². The largest absolute Gasteiger partial charge is 0.481 e. The van der Waals surface area contributed by atoms with Gasteiger partial charge < -0.3 is 71.8 Å². The summed E-state index contributed by atoms with van der Waals surface area (Å²) in [6.07, 6.45) is -7.75. The minimum absolute atomic E-state index is 0.107. The molecule has 55 heavy (non-hydrogen) atoms. The van der Waals surface area contributed by atoms with Gasteiger partial charge in [0.25, 0.3) is 12.1 Å². The molecule has 0 saturated carbocycles. The molecule has 4 aliphatic rings. The first-order valence-corrected chi connectivity index (χ1v) is 19.9. The van der Waals surface area contributed by atoms with Gasteiger partial charge in [-0.05, 0) is 24.1 Å². The predicted molar refractivity (Wildman–Crippen MR) is 183 cm³/mol. The number of ether oxygens (including phenoxy) is 2. The number of phosphoric acid groups is 2. The number of nitrogens with zero attached hydrogens (tertiary/aromatic N) is 4. The molecule has 25 heteroatoms. The summed E-state index contributed by atoms with van der Waals surface area (Å²) in [5.41, 5.74) is 13.1. The molecule has 23 nitrogen and oxygen atoms in total. The number of nitrogens with two attached hydrogens (primary N) is 2. The summed E-state index contributed by atoms with van der Waals surface area (Å²) < 4.78 is 51.8. The molecule has 4 aliphatic heterocycles. The second-order valence-corrected chi connectivity index (χ2v) is 16.0. The first kappa shape index (κ1) is 41.0. The molecule has 0 bridgehead atoms. The smallest absolute Gasteiger partial charge is 0.387 e. The number of primary amides is 1. The van der Waals surface area contributed by atoms with Crippen molar-refractivity contribution in [3.8, 4) is 0 Å². The van der Waals surface area contributed by atoms with Crippen LogP contribution in [0.5, 0.6) is 0 Å². The van der Waals surface area contributed by atoms with Gasteiger partial charge in [0, 0.05) is 23.5 Å². The molecular weight excluding hydrogens is 774 g/mol. The monoisotopic (exact) mass is 817 g/mol. The fraction of sp³-hybridized carbons (Fsp3) is 0.533. The van der Waals surface area contributed by atoms with E-state index < -0.39 is 89.9 Å². The average molecular weight is 818 g/mol. The van der Waals surface area contributed by atoms with Gasteiger partial charge in [0.15, 0.2) is 24.7 Å². The van der Waals surface area contributed by atoms with E-state index in [1.165, 1.54) is 34.1 Å². The van der Waals surface area contributed by atoms with Crippen LogP contribution in [0.25, 0.3) is 0 Å². The molecule has 2 unspecified atom stereocenters. The van der Waals surface area contributed by atoms with Crippen molar-refractivity contribution in [2.45, 2.75) is 74.9 Å². The van der Waals surface area contributed by atoms with Gasteiger partial charge in [0.05, 0.1) is 19.9 Å². The number of phosphoric ester groups is 2. The molecular formula is C30H43N8O15P2+. The lowest BCUT2D eigenvalue weighted by atomic mass is 9.97. The number of amides is 1. The van der Waals surface area contributed by atoms with Crippen molar-refractivity contribution in [1.29, 1.82) is 0 Å². The van der Waals surface area contributed by atoms with E-state index in [1.54, 1.807) is 12.1 Å². The van der Waals surface area contributed by atoms with Gasteiger partial charge in [-0.3, -0.25) is 18.8 Å². The molecule has 11 atom stereocenters. The first-order valence-electron chi connectivity index (χ1n) is 17.0. The second kappa shape index (κ2) is 16.5. The second-order valence-electron chi connectivity index (χ2n) is 13.0. The van der Waals surface area contributed by atoms with E-state index >= 15 is 0 Å². The number of carbonyl (C=O) groups excluding carboxylic acids is 1. The van der Waals surface area contributed by atoms with Gasteiger partial charge in [-0.25, -0.2) is 14.1 Å². The quantitative estimate of drug-likeness (QED) is 0.0622. The Morgan fingerprint density at radius 1 is 1.05 bits per heavy atom. The number of nitrogens with one attached hydrogen (secondary N) is 2. The summed E-state index contributed by atoms with van der Waals surface area (Å²) in [4.78, 5) is 42.7. The maximum absolute atomic E-state index is 12.7. The highest BCUT2D eigenvalue weighted by molar-refractivity contribution is 7.61. The van der Waals surface area contributed by atoms with Gasteiger partial charge >= 0.3 is 15.6 Å². The summed E-state index contributed by atoms with van der Waals surface area (Å²) in [5.74, 6) is -0.263. The molecule has 1 amide bonds. The molecule has 2 aromatic rings. The minimum Gasteiger partial charge on any atom is -0.387 e. The number of aliphatic hydroxyl groups is 5. The number of amidine groups is 1. The van der Waals surface area contributed by atoms with Crippen LogP contribution < -0.4 is 26.7 Å². The Morgan fingerprint density at radius 2 is 1.73 bits per heavy atom. The van der Waals surface area contributed by atoms with E-state index in [2.05, 4.69) is 24.9 Å². The lowest BCUT2D eigenvalue weighted by molar-refractivity contribution is -0.765. The summed E-state index contributed by atoms with van der Waals surface area (Å²) in [7, 11) is -10.8. The van der Waals surface area contributed by atoms with Crippen molar-refractivity contribution in [2.75, 3.05) is 26.6 Å². The van der Waals surface area contributed by atoms with Crippen LogP contribution in [0.2, 0.25) is 0 Å². The Morgan fingerprint density at radius 3 is 2.40 bits per heavy atom. The number of aliphatic imine (C=N–C) groups is 1. The topological polar surface area (TPSA) is 347 Å². The molecule has 2 aromatic heterocycles. The van der Waals surface area contributed by atoms with Gasteiger partial charge in [0.2, 0.25) is 0 Å². The molecule has 0 radical (unpaired) electrons. The number of pyridine rings is 2. The van der Waals surface area contributed by atoms with Crippen molar-refractivity contribution < 1.29 is 76.6 Å². The van der Waals surface area contributed by atoms with E-state index in [4.69, 9.17) is 30.0 Å². The predicted octanol–water partition coefficient (Wildman–Crippen LogP) is -3.23. The number of hydrogen-bond donors (Lipinski definition) is 11. The molecule has 2 saturated heterocycles. The standard InChI is InChI=1S/C30H42N8O15P2/c1-2-3-15-8-14(4-6-33-15)21(39)16-5-7-37(9-17(16)27(32)44)29-24(42)22(40)18(51-29)10-49-54(45,46)53-55(47,48)50-11-19-23(41)25(43)30(52-19)38-13-36-20-26(31)34-12-35-28(20)38/h4-9,18-19,21-25,29-30,36,39-43H,2-3,10-13H2,1H3,(H6-,31,32,34,35,44,45,46,47,48)/p+1/t18-,19-,21+,22-,23-,24-,25-,29-,30-/m1/s1. The molecule has 0 aliphatic carbocycles. The van der Waals surface area contributed by atoms with Crippen molar-refractivity contribution >= 4 is 27.4 Å². The summed E-state index contributed by atoms with van der Waals surface area (Å²) in [6.45, 7) is 0.399. The minimum atomic E-state index is -5.44. The van der Waals surface area contributed by atoms with E-state index in [0.29, 0.717) is 23.5 Å². The molecule has 13 N–H and O–H groups in total. The van der Waals surface area contributed by atoms with E-state index in [0.717, 1.165) is 12.1 Å². The zero-order valence-corrected chi connectivity index (χ0v) is 30.9. The maximum atomic E-state index is 12.7. The van der Waals surface area contributed by atoms with E-state index in [-0.39, 0.29) is 30.3 Å². The van der Waals surface area contributed by atoms with Crippen molar-refractivity contribution in [3.63, 3.8) is 0 Å². The number of hydrogen-bond acceptors (Lipinski definition) is 19. The van der Waals surface area contributed by atoms with E-state index in [9.17, 15) is 49.2 Å². The van der Waals surface area contributed by atoms with Crippen LogP contribution in [0.1, 0.15) is 52.9 Å². The normalized spacial score (nSPS) is 30.5. The van der Waals surface area contributed by atoms with E-state index in [1.807, 2.05) is 6.92 Å². The molecule has 6 rings (SSSR count). The third kappa shape index (κ3) is 8.85. The van der Waals surface area contributed by atoms with Gasteiger partial charge in [0.1, 0.15) is 66.2 Å². The van der Waals surface area contributed by atoms with Gasteiger partial charge in [-0.2, -0.15) is 8.88 Å². The lowest BCUT2D eigenvalue weighted by Gasteiger charge is -2.30. The van der Waals surface area contributed by atoms with Crippen molar-refractivity contribution in [1.82, 2.24) is 20.5 Å². The molecule has 0 spiro atoms. The van der Waals surface area contributed by atoms with Crippen LogP contribution in [0.15, 0.2) is 53.3 Å². The highest BCUT2D eigenvalue weighted by Gasteiger charge is 2.51. The van der Waals surface area contributed by atoms with Gasteiger partial charge in [-0.1, -0.05) is 13.3 Å². The van der Waals surface area contributed by atoms with Crippen LogP contribution in [0.4, 0.5) is 0 Å². The van der Waals surface area contributed by atoms with Gasteiger partial charge in [-0.15, -0.1) is 0 Å². The number of rotatable bonds is 15. The van der Waals surface area contributed by atoms with Crippen LogP contribution in [0, 0.1) is 0 Å². The fourth-order valence-electron chi connectivity index (χ4n) is 6.48. The number of aryl methyl sites for hydroxylation is 1. The molecule has 6 heterocycles. The summed E-state index contributed by atoms with van der Waals surface area (Å²) in [5, 5.41) is 59.7. The summed E-state index contributed by atoms with van der Waals surface area (Å²) in [6, 6.07) is 4.66. The zero-order valence-electron chi connectivity index (χ0n) is 29.1. The summed E-state index contributed by atoms with van der Waals surface area (Å²) >= 11 is 0. The lowest BCUT2D eigenvalue weighted by Crippen LogP contribution is -2.46. The molecule has 302 valence electrons. The maximum Gasteiger partial charge on any atom is 0.481 e. The molecule has 2 fully saturated rings. The Hall–Kier alpha value is -3.64. The first-order chi connectivity index (χ1) is 26.0. The zero-order chi connectivity index (χ0) is 39.8. The number of carbonyl (C=O) groups is 1. The SMILES string of the molecule is CCCc1cc([C@H](O)c2cc[n+]([C@@H]3O[C@H](COP(=O)(O)OP(=O)(O)OC[C@H]4O[C@@H](N5CNC6=C5NCN=C6N)[C@H](O)[C@@H]4O)[C@@H](O)[C@H]3O)cc2C(N)=O)ccn1. The number of aliphatic hydroxyl groups excluding tert-OH is 5. The Kier molecular flexibility index (Phi) is 12.3. The Labute approximate surface area is 313 Å². The third-order valence-corrected chi connectivity index (χ3v) is 11.8. The van der Waals surface area contributed by atoms with Crippen LogP contribution in [-0.4, -0.2) is 126 Å². The third-order valence-electron chi connectivity index (χ3n) is 9.23. The average Bonchev–Trinajstić information content (AvgIpc) is 3.79. The highest BCUT2D eigenvalue weighted by Crippen LogP contribution is 2.60. The number of aromatic nitrogens is 2. The van der Waals surface area contributed by atoms with Crippen LogP contribution in [-0.2, 0) is 38.4 Å². The molecule has 0 aromatic carbocycles. The Balaban J connectivity index is 1.04. The Bertz CT molecular complexity index is 1920. The highest BCUT2D eigenvalue weighted by atomic mass is 31.3.